The second-order valence-electron chi connectivity index (χ2n) is 6.30. The van der Waals surface area contributed by atoms with Crippen LogP contribution in [0.2, 0.25) is 0 Å². The molecule has 0 bridgehead atoms. The third-order valence-corrected chi connectivity index (χ3v) is 4.72. The fourth-order valence-electron chi connectivity index (χ4n) is 3.27. The molecule has 2 aromatic heterocycles. The van der Waals surface area contributed by atoms with Crippen molar-refractivity contribution in [2.45, 2.75) is 12.5 Å². The van der Waals surface area contributed by atoms with Crippen LogP contribution in [-0.2, 0) is 4.79 Å². The third-order valence-electron chi connectivity index (χ3n) is 4.72. The van der Waals surface area contributed by atoms with Gasteiger partial charge in [0.1, 0.15) is 11.9 Å². The quantitative estimate of drug-likeness (QED) is 0.736. The van der Waals surface area contributed by atoms with Gasteiger partial charge in [-0.3, -0.25) is 9.78 Å². The van der Waals surface area contributed by atoms with Gasteiger partial charge in [-0.1, -0.05) is 12.1 Å². The summed E-state index contributed by atoms with van der Waals surface area (Å²) in [5.74, 6) is 1.56. The highest BCUT2D eigenvalue weighted by molar-refractivity contribution is 5.94. The van der Waals surface area contributed by atoms with Crippen molar-refractivity contribution in [1.29, 1.82) is 0 Å². The first-order chi connectivity index (χ1) is 12.1. The van der Waals surface area contributed by atoms with Gasteiger partial charge in [0, 0.05) is 44.0 Å². The van der Waals surface area contributed by atoms with Crippen molar-refractivity contribution in [2.75, 3.05) is 25.5 Å². The van der Waals surface area contributed by atoms with Gasteiger partial charge in [0.25, 0.3) is 0 Å². The molecule has 1 aliphatic rings. The minimum absolute atomic E-state index is 0.135. The number of nitrogens with zero attached hydrogens (tertiary/aromatic N) is 5. The summed E-state index contributed by atoms with van der Waals surface area (Å²) in [6.07, 6.45) is 4.26. The van der Waals surface area contributed by atoms with E-state index in [0.717, 1.165) is 35.2 Å². The van der Waals surface area contributed by atoms with E-state index in [0.29, 0.717) is 5.82 Å². The van der Waals surface area contributed by atoms with Crippen LogP contribution in [0, 0.1) is 0 Å². The molecule has 1 atom stereocenters. The van der Waals surface area contributed by atoms with E-state index in [4.69, 9.17) is 4.98 Å². The van der Waals surface area contributed by atoms with Crippen molar-refractivity contribution in [2.24, 2.45) is 0 Å². The lowest BCUT2D eigenvalue weighted by Gasteiger charge is -2.25. The fourth-order valence-corrected chi connectivity index (χ4v) is 3.27. The summed E-state index contributed by atoms with van der Waals surface area (Å²) >= 11 is 0. The summed E-state index contributed by atoms with van der Waals surface area (Å²) in [5.41, 5.74) is 1.77. The number of aromatic nitrogens is 3. The molecule has 1 aliphatic heterocycles. The molecule has 126 valence electrons. The van der Waals surface area contributed by atoms with Gasteiger partial charge in [-0.05, 0) is 30.7 Å². The maximum absolute atomic E-state index is 12.4. The number of rotatable bonds is 3. The third kappa shape index (κ3) is 2.69. The number of hydrogen-bond acceptors (Lipinski definition) is 5. The zero-order valence-corrected chi connectivity index (χ0v) is 14.3. The van der Waals surface area contributed by atoms with Crippen LogP contribution in [-0.4, -0.2) is 52.4 Å². The number of likely N-dealkylation sites (tertiary alicyclic amines) is 1. The van der Waals surface area contributed by atoms with E-state index < -0.39 is 0 Å². The Morgan fingerprint density at radius 1 is 1.12 bits per heavy atom. The van der Waals surface area contributed by atoms with Crippen LogP contribution in [0.15, 0.2) is 48.8 Å². The summed E-state index contributed by atoms with van der Waals surface area (Å²) in [5, 5.41) is 0.949. The second-order valence-corrected chi connectivity index (χ2v) is 6.30. The first-order valence-corrected chi connectivity index (χ1v) is 8.30. The van der Waals surface area contributed by atoms with Gasteiger partial charge < -0.3 is 9.80 Å². The molecular weight excluding hydrogens is 314 g/mol. The van der Waals surface area contributed by atoms with E-state index >= 15 is 0 Å². The van der Waals surface area contributed by atoms with Crippen molar-refractivity contribution in [3.05, 3.63) is 48.8 Å². The molecule has 25 heavy (non-hydrogen) atoms. The summed E-state index contributed by atoms with van der Waals surface area (Å²) in [6, 6.07) is 11.5. The second kappa shape index (κ2) is 6.12. The van der Waals surface area contributed by atoms with E-state index in [9.17, 15) is 4.79 Å². The number of para-hydroxylation sites is 1. The van der Waals surface area contributed by atoms with Crippen molar-refractivity contribution >= 4 is 22.6 Å². The van der Waals surface area contributed by atoms with E-state index in [2.05, 4.69) is 9.97 Å². The largest absolute Gasteiger partial charge is 0.347 e. The number of carbonyl (C=O) groups excluding carboxylic acids is 1. The van der Waals surface area contributed by atoms with Crippen LogP contribution >= 0.6 is 0 Å². The number of fused-ring (bicyclic) bond motifs is 1. The molecule has 1 unspecified atom stereocenters. The topological polar surface area (TPSA) is 62.2 Å². The Hall–Kier alpha value is -3.02. The van der Waals surface area contributed by atoms with Gasteiger partial charge in [-0.15, -0.1) is 0 Å². The maximum Gasteiger partial charge on any atom is 0.245 e. The van der Waals surface area contributed by atoms with E-state index in [1.807, 2.05) is 55.4 Å². The molecule has 6 heteroatoms. The summed E-state index contributed by atoms with van der Waals surface area (Å²) in [4.78, 5) is 29.7. The highest BCUT2D eigenvalue weighted by Gasteiger charge is 2.33. The van der Waals surface area contributed by atoms with Gasteiger partial charge >= 0.3 is 0 Å². The van der Waals surface area contributed by atoms with Crippen molar-refractivity contribution in [3.8, 4) is 11.4 Å². The lowest BCUT2D eigenvalue weighted by Crippen LogP contribution is -2.39. The van der Waals surface area contributed by atoms with Crippen LogP contribution in [0.4, 0.5) is 5.82 Å². The van der Waals surface area contributed by atoms with Crippen LogP contribution in [0.25, 0.3) is 22.3 Å². The van der Waals surface area contributed by atoms with Crippen LogP contribution in [0.3, 0.4) is 0 Å². The standard InChI is InChI=1S/C19H19N5O/c1-23-12-9-16(19(23)25)24(2)18-14-5-3-4-6-15(14)21-17(22-18)13-7-10-20-11-8-13/h3-8,10-11,16H,9,12H2,1-2H3. The Bertz CT molecular complexity index is 928. The first kappa shape index (κ1) is 15.5. The van der Waals surface area contributed by atoms with Crippen LogP contribution in [0.1, 0.15) is 6.42 Å². The first-order valence-electron chi connectivity index (χ1n) is 8.30. The van der Waals surface area contributed by atoms with E-state index in [1.165, 1.54) is 0 Å². The lowest BCUT2D eigenvalue weighted by atomic mass is 10.1. The normalized spacial score (nSPS) is 17.3. The van der Waals surface area contributed by atoms with Crippen LogP contribution < -0.4 is 4.90 Å². The molecule has 1 amide bonds. The van der Waals surface area contributed by atoms with E-state index in [-0.39, 0.29) is 11.9 Å². The molecule has 0 saturated carbocycles. The van der Waals surface area contributed by atoms with Gasteiger partial charge in [0.05, 0.1) is 5.52 Å². The molecule has 0 N–H and O–H groups in total. The SMILES string of the molecule is CN1CCC(N(C)c2nc(-c3ccncc3)nc3ccccc23)C1=O. The summed E-state index contributed by atoms with van der Waals surface area (Å²) in [7, 11) is 3.78. The van der Waals surface area contributed by atoms with E-state index in [1.54, 1.807) is 17.3 Å². The highest BCUT2D eigenvalue weighted by atomic mass is 16.2. The smallest absolute Gasteiger partial charge is 0.245 e. The lowest BCUT2D eigenvalue weighted by molar-refractivity contribution is -0.127. The Morgan fingerprint density at radius 2 is 1.88 bits per heavy atom. The molecule has 6 nitrogen and oxygen atoms in total. The number of anilines is 1. The van der Waals surface area contributed by atoms with Gasteiger partial charge in [0.15, 0.2) is 5.82 Å². The number of benzene rings is 1. The Labute approximate surface area is 146 Å². The summed E-state index contributed by atoms with van der Waals surface area (Å²) in [6.45, 7) is 0.772. The van der Waals surface area contributed by atoms with Crippen LogP contribution in [0.5, 0.6) is 0 Å². The Morgan fingerprint density at radius 3 is 2.60 bits per heavy atom. The van der Waals surface area contributed by atoms with Gasteiger partial charge in [-0.25, -0.2) is 9.97 Å². The molecular formula is C19H19N5O. The molecule has 3 aromatic rings. The molecule has 1 saturated heterocycles. The molecule has 0 spiro atoms. The minimum atomic E-state index is -0.186. The zero-order valence-electron chi connectivity index (χ0n) is 14.3. The maximum atomic E-state index is 12.4. The van der Waals surface area contributed by atoms with Gasteiger partial charge in [0.2, 0.25) is 5.91 Å². The molecule has 0 aliphatic carbocycles. The zero-order chi connectivity index (χ0) is 17.4. The molecule has 1 fully saturated rings. The van der Waals surface area contributed by atoms with Gasteiger partial charge in [-0.2, -0.15) is 0 Å². The Kier molecular flexibility index (Phi) is 3.80. The molecule has 4 rings (SSSR count). The van der Waals surface area contributed by atoms with Crippen molar-refractivity contribution < 1.29 is 4.79 Å². The number of likely N-dealkylation sites (N-methyl/N-ethyl adjacent to an activating group) is 2. The molecule has 1 aromatic carbocycles. The number of pyridine rings is 1. The number of amides is 1. The monoisotopic (exact) mass is 333 g/mol. The summed E-state index contributed by atoms with van der Waals surface area (Å²) < 4.78 is 0. The average molecular weight is 333 g/mol. The number of hydrogen-bond donors (Lipinski definition) is 0. The number of carbonyl (C=O) groups is 1. The highest BCUT2D eigenvalue weighted by Crippen LogP contribution is 2.29. The average Bonchev–Trinajstić information content (AvgIpc) is 3.00. The fraction of sp³-hybridized carbons (Fsp3) is 0.263. The minimum Gasteiger partial charge on any atom is -0.347 e. The predicted molar refractivity (Wildman–Crippen MR) is 97.2 cm³/mol. The molecule has 3 heterocycles. The van der Waals surface area contributed by atoms with Crippen molar-refractivity contribution in [1.82, 2.24) is 19.9 Å². The predicted octanol–water partition coefficient (Wildman–Crippen LogP) is 2.36. The van der Waals surface area contributed by atoms with Crippen molar-refractivity contribution in [3.63, 3.8) is 0 Å². The Balaban J connectivity index is 1.86. The molecule has 0 radical (unpaired) electrons.